The Kier molecular flexibility index (Phi) is 15.3. The van der Waals surface area contributed by atoms with E-state index in [1.807, 2.05) is 0 Å². The van der Waals surface area contributed by atoms with Crippen molar-refractivity contribution in [1.29, 1.82) is 0 Å². The number of hydrogen-bond acceptors (Lipinski definition) is 15. The van der Waals surface area contributed by atoms with Gasteiger partial charge >= 0.3 is 5.97 Å². The Balaban J connectivity index is 2.53. The quantitative estimate of drug-likeness (QED) is 0.0725. The Morgan fingerprint density at radius 2 is 1.47 bits per heavy atom. The number of carboxylic acids is 1. The van der Waals surface area contributed by atoms with Crippen LogP contribution in [-0.4, -0.2) is 164 Å². The van der Waals surface area contributed by atoms with E-state index in [1.165, 1.54) is 13.8 Å². The summed E-state index contributed by atoms with van der Waals surface area (Å²) in [6.45, 7) is 3.05. The van der Waals surface area contributed by atoms with Crippen LogP contribution in [0.4, 0.5) is 0 Å². The number of aliphatic hydroxyl groups is 5. The zero-order chi connectivity index (χ0) is 35.7. The molecule has 2 aliphatic heterocycles. The smallest absolute Gasteiger partial charge is 0.303 e. The standard InChI is InChI=1S/C27H47N5O15/c1-10(7-32(25(42)11(2)28)14(24(29)41)5-6-17(37)38)44-23-19(31-13(4)36)26(43)45-16(9-34)22(23)47-27-18(30-12(3)35)21(40)20(39)15(8-33)46-27/h10-11,14-16,18-23,26-27,33-34,39-40,43H,5-9,28H2,1-4H3,(H2,29,41)(H,30,35)(H,31,36)(H,37,38)/t10?,11-,14+,15+,16+,18+,19+,20+,21+,22+,23+,26-,27?/m0/s1. The first-order valence-corrected chi connectivity index (χ1v) is 14.9. The lowest BCUT2D eigenvalue weighted by Crippen LogP contribution is -2.69. The molecule has 0 aliphatic carbocycles. The summed E-state index contributed by atoms with van der Waals surface area (Å²) >= 11 is 0. The summed E-state index contributed by atoms with van der Waals surface area (Å²) in [7, 11) is 0. The van der Waals surface area contributed by atoms with Crippen molar-refractivity contribution >= 4 is 29.6 Å². The van der Waals surface area contributed by atoms with Crippen LogP contribution in [-0.2, 0) is 42.9 Å². The molecule has 20 heteroatoms. The molecule has 2 aliphatic rings. The first kappa shape index (κ1) is 40.1. The molecule has 0 spiro atoms. The molecule has 20 nitrogen and oxygen atoms in total. The molecule has 2 fully saturated rings. The van der Waals surface area contributed by atoms with Crippen molar-refractivity contribution in [2.45, 2.75) is 120 Å². The maximum atomic E-state index is 13.1. The highest BCUT2D eigenvalue weighted by molar-refractivity contribution is 5.89. The van der Waals surface area contributed by atoms with Gasteiger partial charge in [-0.25, -0.2) is 0 Å². The Bertz CT molecular complexity index is 1100. The maximum Gasteiger partial charge on any atom is 0.303 e. The van der Waals surface area contributed by atoms with Crippen LogP contribution < -0.4 is 22.1 Å². The van der Waals surface area contributed by atoms with Gasteiger partial charge in [0.05, 0.1) is 25.4 Å². The minimum Gasteiger partial charge on any atom is -0.481 e. The van der Waals surface area contributed by atoms with Crippen LogP contribution in [0.5, 0.6) is 0 Å². The maximum absolute atomic E-state index is 13.1. The SMILES string of the molecule is CC(=O)N[C@@H]1[C@@H](OC(C)CN(C(=O)[C@H](C)N)[C@H](CCC(=O)O)C(N)=O)[C@H](OC2O[C@H](CO)[C@@H](O)[C@H](O)[C@H]2NC(C)=O)[C@@H](CO)O[C@@H]1O. The van der Waals surface area contributed by atoms with Gasteiger partial charge in [-0.15, -0.1) is 0 Å². The summed E-state index contributed by atoms with van der Waals surface area (Å²) in [6.07, 6.45) is -14.5. The van der Waals surface area contributed by atoms with Gasteiger partial charge in [0.1, 0.15) is 54.7 Å². The van der Waals surface area contributed by atoms with Crippen molar-refractivity contribution in [3.05, 3.63) is 0 Å². The molecule has 2 unspecified atom stereocenters. The van der Waals surface area contributed by atoms with Crippen LogP contribution >= 0.6 is 0 Å². The second-order valence-corrected chi connectivity index (χ2v) is 11.5. The van der Waals surface area contributed by atoms with Crippen molar-refractivity contribution in [3.8, 4) is 0 Å². The fourth-order valence-corrected chi connectivity index (χ4v) is 5.46. The number of hydrogen-bond donors (Lipinski definition) is 10. The fourth-order valence-electron chi connectivity index (χ4n) is 5.46. The van der Waals surface area contributed by atoms with Crippen molar-refractivity contribution in [1.82, 2.24) is 15.5 Å². The number of nitrogens with one attached hydrogen (secondary N) is 2. The molecule has 4 amide bonds. The van der Waals surface area contributed by atoms with Gasteiger partial charge in [0, 0.05) is 26.8 Å². The fraction of sp³-hybridized carbons (Fsp3) is 0.815. The average Bonchev–Trinajstić information content (AvgIpc) is 2.97. The summed E-state index contributed by atoms with van der Waals surface area (Å²) in [5.41, 5.74) is 11.3. The lowest BCUT2D eigenvalue weighted by Gasteiger charge is -2.49. The number of carboxylic acid groups (broad SMARTS) is 1. The number of nitrogens with two attached hydrogens (primary N) is 2. The molecule has 0 aromatic heterocycles. The number of carbonyl (C=O) groups excluding carboxylic acids is 4. The first-order chi connectivity index (χ1) is 21.9. The molecule has 47 heavy (non-hydrogen) atoms. The van der Waals surface area contributed by atoms with E-state index in [-0.39, 0.29) is 6.42 Å². The van der Waals surface area contributed by atoms with E-state index in [9.17, 15) is 49.5 Å². The highest BCUT2D eigenvalue weighted by Gasteiger charge is 2.52. The number of amides is 4. The van der Waals surface area contributed by atoms with Gasteiger partial charge in [-0.05, 0) is 20.3 Å². The van der Waals surface area contributed by atoms with E-state index >= 15 is 0 Å². The van der Waals surface area contributed by atoms with Crippen molar-refractivity contribution in [2.24, 2.45) is 11.5 Å². The molecule has 0 aromatic rings. The molecule has 0 aromatic carbocycles. The third-order valence-electron chi connectivity index (χ3n) is 7.61. The second-order valence-electron chi connectivity index (χ2n) is 11.5. The molecular formula is C27H47N5O15. The Morgan fingerprint density at radius 1 is 0.894 bits per heavy atom. The number of aliphatic carboxylic acids is 1. The highest BCUT2D eigenvalue weighted by atomic mass is 16.7. The van der Waals surface area contributed by atoms with Gasteiger partial charge in [-0.1, -0.05) is 0 Å². The van der Waals surface area contributed by atoms with Crippen molar-refractivity contribution < 1.29 is 73.6 Å². The first-order valence-electron chi connectivity index (χ1n) is 14.9. The summed E-state index contributed by atoms with van der Waals surface area (Å²) in [5.74, 6) is -4.33. The summed E-state index contributed by atoms with van der Waals surface area (Å²) in [4.78, 5) is 61.7. The van der Waals surface area contributed by atoms with Gasteiger partial charge in [0.2, 0.25) is 23.6 Å². The van der Waals surface area contributed by atoms with Crippen LogP contribution in [0.25, 0.3) is 0 Å². The summed E-state index contributed by atoms with van der Waals surface area (Å²) < 4.78 is 23.4. The molecule has 2 rings (SSSR count). The molecule has 0 bridgehead atoms. The molecule has 0 radical (unpaired) electrons. The zero-order valence-electron chi connectivity index (χ0n) is 26.5. The van der Waals surface area contributed by atoms with E-state index in [0.29, 0.717) is 0 Å². The number of ether oxygens (including phenoxy) is 4. The van der Waals surface area contributed by atoms with Crippen molar-refractivity contribution in [3.63, 3.8) is 0 Å². The predicted octanol–water partition coefficient (Wildman–Crippen LogP) is -5.80. The lowest BCUT2D eigenvalue weighted by atomic mass is 9.94. The van der Waals surface area contributed by atoms with Crippen molar-refractivity contribution in [2.75, 3.05) is 19.8 Å². The molecule has 0 saturated carbocycles. The topological polar surface area (TPSA) is 323 Å². The van der Waals surface area contributed by atoms with E-state index in [0.717, 1.165) is 18.7 Å². The number of carbonyl (C=O) groups is 5. The van der Waals surface area contributed by atoms with E-state index in [2.05, 4.69) is 10.6 Å². The Morgan fingerprint density at radius 3 is 1.96 bits per heavy atom. The number of nitrogens with zero attached hydrogens (tertiary/aromatic N) is 1. The van der Waals surface area contributed by atoms with Crippen LogP contribution in [0.2, 0.25) is 0 Å². The van der Waals surface area contributed by atoms with E-state index in [4.69, 9.17) is 35.5 Å². The molecular weight excluding hydrogens is 634 g/mol. The molecule has 270 valence electrons. The summed E-state index contributed by atoms with van der Waals surface area (Å²) in [6, 6.07) is -5.39. The van der Waals surface area contributed by atoms with E-state index < -0.39 is 135 Å². The zero-order valence-corrected chi connectivity index (χ0v) is 26.5. The molecule has 2 heterocycles. The second kappa shape index (κ2) is 17.9. The third-order valence-corrected chi connectivity index (χ3v) is 7.61. The van der Waals surface area contributed by atoms with Gasteiger partial charge in [-0.2, -0.15) is 0 Å². The monoisotopic (exact) mass is 681 g/mol. The number of aliphatic hydroxyl groups excluding tert-OH is 5. The van der Waals surface area contributed by atoms with Gasteiger partial charge in [0.15, 0.2) is 12.6 Å². The summed E-state index contributed by atoms with van der Waals surface area (Å²) in [5, 5.41) is 65.9. The minimum atomic E-state index is -1.79. The molecule has 12 N–H and O–H groups in total. The average molecular weight is 682 g/mol. The van der Waals surface area contributed by atoms with Crippen LogP contribution in [0.1, 0.15) is 40.5 Å². The molecule has 2 saturated heterocycles. The van der Waals surface area contributed by atoms with Gasteiger partial charge in [0.25, 0.3) is 0 Å². The van der Waals surface area contributed by atoms with Crippen LogP contribution in [0.3, 0.4) is 0 Å². The largest absolute Gasteiger partial charge is 0.481 e. The molecule has 13 atom stereocenters. The number of primary amides is 1. The Labute approximate surface area is 270 Å². The predicted molar refractivity (Wildman–Crippen MR) is 155 cm³/mol. The minimum absolute atomic E-state index is 0.345. The highest BCUT2D eigenvalue weighted by Crippen LogP contribution is 2.31. The van der Waals surface area contributed by atoms with Gasteiger partial charge < -0.3 is 76.6 Å². The van der Waals surface area contributed by atoms with Crippen LogP contribution in [0.15, 0.2) is 0 Å². The Hall–Kier alpha value is -3.05. The van der Waals surface area contributed by atoms with Crippen LogP contribution in [0, 0.1) is 0 Å². The lowest BCUT2D eigenvalue weighted by molar-refractivity contribution is -0.334. The number of rotatable bonds is 16. The van der Waals surface area contributed by atoms with Gasteiger partial charge in [-0.3, -0.25) is 24.0 Å². The van der Waals surface area contributed by atoms with E-state index in [1.54, 1.807) is 0 Å². The third kappa shape index (κ3) is 10.7. The normalized spacial score (nSPS) is 32.8.